The van der Waals surface area contributed by atoms with E-state index in [0.29, 0.717) is 23.4 Å². The fourth-order valence-electron chi connectivity index (χ4n) is 3.57. The van der Waals surface area contributed by atoms with Gasteiger partial charge in [0.15, 0.2) is 0 Å². The number of fused-ring (bicyclic) bond motifs is 6. The first-order valence-electron chi connectivity index (χ1n) is 11.2. The lowest BCUT2D eigenvalue weighted by atomic mass is 10.0. The number of hydrogen-bond acceptors (Lipinski definition) is 7. The quantitative estimate of drug-likeness (QED) is 0.384. The van der Waals surface area contributed by atoms with Gasteiger partial charge in [-0.05, 0) is 43.0 Å². The summed E-state index contributed by atoms with van der Waals surface area (Å²) in [6.45, 7) is 1.93. The number of pyridine rings is 2. The largest absolute Gasteiger partial charge is 0.493 e. The number of benzene rings is 1. The Bertz CT molecular complexity index is 1350. The van der Waals surface area contributed by atoms with Crippen LogP contribution in [-0.2, 0) is 20.7 Å². The van der Waals surface area contributed by atoms with E-state index < -0.39 is 33.7 Å². The maximum Gasteiger partial charge on any atom is 0.268 e. The molecule has 9 nitrogen and oxygen atoms in total. The Morgan fingerprint density at radius 2 is 1.97 bits per heavy atom. The molecule has 192 valence electrons. The van der Waals surface area contributed by atoms with Gasteiger partial charge in [-0.3, -0.25) is 4.79 Å². The van der Waals surface area contributed by atoms with Crippen LogP contribution in [0.4, 0.5) is 20.4 Å². The van der Waals surface area contributed by atoms with E-state index in [2.05, 4.69) is 19.6 Å². The van der Waals surface area contributed by atoms with Crippen LogP contribution in [0.5, 0.6) is 11.6 Å². The van der Waals surface area contributed by atoms with Crippen LogP contribution >= 0.6 is 0 Å². The van der Waals surface area contributed by atoms with Crippen molar-refractivity contribution in [2.24, 2.45) is 10.1 Å². The van der Waals surface area contributed by atoms with Crippen molar-refractivity contribution < 1.29 is 27.6 Å². The Balaban J connectivity index is 1.73. The van der Waals surface area contributed by atoms with Crippen molar-refractivity contribution in [1.29, 1.82) is 0 Å². The number of carbonyl (C=O) groups is 1. The number of rotatable bonds is 3. The second-order valence-corrected chi connectivity index (χ2v) is 11.2. The van der Waals surface area contributed by atoms with Crippen molar-refractivity contribution in [3.8, 4) is 22.8 Å². The zero-order valence-electron chi connectivity index (χ0n) is 19.7. The van der Waals surface area contributed by atoms with Crippen LogP contribution in [0.1, 0.15) is 18.9 Å². The molecule has 1 atom stereocenters. The molecule has 3 aromatic rings. The minimum Gasteiger partial charge on any atom is -0.493 e. The van der Waals surface area contributed by atoms with E-state index in [1.807, 2.05) is 0 Å². The summed E-state index contributed by atoms with van der Waals surface area (Å²) in [5, 5.41) is 3.02. The Hall–Kier alpha value is -3.48. The number of carbonyl (C=O) groups excluding carboxylic acids is 1. The predicted octanol–water partition coefficient (Wildman–Crippen LogP) is 3.87. The second kappa shape index (κ2) is 10.6. The molecule has 3 heterocycles. The molecule has 2 aromatic heterocycles. The monoisotopic (exact) mass is 519 g/mol. The Labute approximate surface area is 208 Å². The summed E-state index contributed by atoms with van der Waals surface area (Å²) in [6, 6.07) is 7.85. The summed E-state index contributed by atoms with van der Waals surface area (Å²) >= 11 is 0. The van der Waals surface area contributed by atoms with E-state index in [1.165, 1.54) is 37.4 Å². The summed E-state index contributed by atoms with van der Waals surface area (Å²) in [4.78, 5) is 20.5. The van der Waals surface area contributed by atoms with E-state index in [-0.39, 0.29) is 42.0 Å². The smallest absolute Gasteiger partial charge is 0.268 e. The van der Waals surface area contributed by atoms with Gasteiger partial charge in [0.2, 0.25) is 5.88 Å². The van der Waals surface area contributed by atoms with Gasteiger partial charge in [-0.2, -0.15) is 9.35 Å². The number of amides is 1. The number of hydrogen-bond donors (Lipinski definition) is 4. The molecule has 36 heavy (non-hydrogen) atoms. The topological polar surface area (TPSA) is 132 Å². The van der Waals surface area contributed by atoms with Gasteiger partial charge in [-0.1, -0.05) is 0 Å². The number of nitrogens with one attached hydrogen (secondary N) is 1. The normalized spacial score (nSPS) is 14.7. The van der Waals surface area contributed by atoms with Crippen molar-refractivity contribution >= 4 is 27.6 Å². The lowest BCUT2D eigenvalue weighted by molar-refractivity contribution is -0.118. The molecular weight excluding hydrogens is 492 g/mol. The summed E-state index contributed by atoms with van der Waals surface area (Å²) in [6.07, 6.45) is 3.00. The molecule has 0 fully saturated rings. The Kier molecular flexibility index (Phi) is 7.57. The van der Waals surface area contributed by atoms with Gasteiger partial charge in [-0.25, -0.2) is 13.8 Å². The fourth-order valence-corrected chi connectivity index (χ4v) is 5.13. The summed E-state index contributed by atoms with van der Waals surface area (Å²) in [5.41, 5.74) is 6.75. The third-order valence-corrected chi connectivity index (χ3v) is 6.78. The van der Waals surface area contributed by atoms with Crippen LogP contribution in [0.3, 0.4) is 0 Å². The molecule has 4 rings (SSSR count). The predicted molar refractivity (Wildman–Crippen MR) is 135 cm³/mol. The molecule has 12 heteroatoms. The molecule has 0 aliphatic carbocycles. The molecule has 0 saturated heterocycles. The number of nitrogens with two attached hydrogens (primary N) is 1. The summed E-state index contributed by atoms with van der Waals surface area (Å²) < 4.78 is 54.8. The average molecular weight is 520 g/mol. The second-order valence-electron chi connectivity index (χ2n) is 8.54. The SMILES string of the molecule is C[C@H](N)C(=O)N=[SH](C)(O)Cc1cc2nc(c1)OCCCOc1cc(F)ccc1-c1cc(ncc1F)N2. The lowest BCUT2D eigenvalue weighted by Crippen LogP contribution is -2.27. The zero-order valence-corrected chi connectivity index (χ0v) is 20.6. The molecule has 4 N–H and O–H groups in total. The van der Waals surface area contributed by atoms with Crippen molar-refractivity contribution in [2.45, 2.75) is 25.1 Å². The van der Waals surface area contributed by atoms with Gasteiger partial charge in [0.05, 0.1) is 25.5 Å². The van der Waals surface area contributed by atoms with Crippen LogP contribution in [0, 0.1) is 11.6 Å². The first-order valence-corrected chi connectivity index (χ1v) is 13.5. The summed E-state index contributed by atoms with van der Waals surface area (Å²) in [5.74, 6) is -0.516. The molecule has 1 aromatic carbocycles. The zero-order chi connectivity index (χ0) is 25.9. The molecule has 0 radical (unpaired) electrons. The molecule has 0 unspecified atom stereocenters. The molecule has 1 amide bonds. The highest BCUT2D eigenvalue weighted by molar-refractivity contribution is 7.98. The van der Waals surface area contributed by atoms with Crippen LogP contribution in [-0.4, -0.2) is 45.9 Å². The maximum absolute atomic E-state index is 14.7. The first-order chi connectivity index (χ1) is 17.1. The number of nitrogens with zero attached hydrogens (tertiary/aromatic N) is 3. The minimum atomic E-state index is -3.01. The van der Waals surface area contributed by atoms with Crippen LogP contribution in [0.2, 0.25) is 0 Å². The van der Waals surface area contributed by atoms with E-state index in [1.54, 1.807) is 12.1 Å². The number of ether oxygens (including phenoxy) is 2. The lowest BCUT2D eigenvalue weighted by Gasteiger charge is -2.20. The van der Waals surface area contributed by atoms with Gasteiger partial charge in [0.1, 0.15) is 29.0 Å². The highest BCUT2D eigenvalue weighted by Crippen LogP contribution is 2.34. The third kappa shape index (κ3) is 6.39. The molecule has 4 bridgehead atoms. The fraction of sp³-hybridized carbons (Fsp3) is 0.292. The molecule has 0 spiro atoms. The van der Waals surface area contributed by atoms with E-state index in [0.717, 1.165) is 6.20 Å². The van der Waals surface area contributed by atoms with E-state index in [4.69, 9.17) is 15.2 Å². The highest BCUT2D eigenvalue weighted by Gasteiger charge is 2.17. The number of aromatic nitrogens is 2. The maximum atomic E-state index is 14.7. The van der Waals surface area contributed by atoms with E-state index in [9.17, 15) is 18.1 Å². The van der Waals surface area contributed by atoms with Gasteiger partial charge in [0.25, 0.3) is 5.91 Å². The van der Waals surface area contributed by atoms with E-state index >= 15 is 0 Å². The average Bonchev–Trinajstić information content (AvgIpc) is 2.79. The van der Waals surface area contributed by atoms with Crippen molar-refractivity contribution in [3.05, 3.63) is 59.8 Å². The Morgan fingerprint density at radius 1 is 1.19 bits per heavy atom. The van der Waals surface area contributed by atoms with Gasteiger partial charge >= 0.3 is 0 Å². The van der Waals surface area contributed by atoms with Crippen LogP contribution < -0.4 is 20.5 Å². The van der Waals surface area contributed by atoms with Gasteiger partial charge in [0, 0.05) is 35.4 Å². The molecule has 1 aliphatic rings. The van der Waals surface area contributed by atoms with Crippen molar-refractivity contribution in [3.63, 3.8) is 0 Å². The third-order valence-electron chi connectivity index (χ3n) is 5.19. The van der Waals surface area contributed by atoms with Crippen molar-refractivity contribution in [1.82, 2.24) is 9.97 Å². The molecule has 1 aliphatic heterocycles. The van der Waals surface area contributed by atoms with Crippen LogP contribution in [0.15, 0.2) is 47.0 Å². The first kappa shape index (κ1) is 25.6. The molecule has 0 saturated carbocycles. The highest BCUT2D eigenvalue weighted by atomic mass is 32.3. The van der Waals surface area contributed by atoms with Crippen molar-refractivity contribution in [2.75, 3.05) is 24.8 Å². The summed E-state index contributed by atoms with van der Waals surface area (Å²) in [7, 11) is -3.01. The van der Waals surface area contributed by atoms with Gasteiger partial charge in [-0.15, -0.1) is 10.1 Å². The molecular formula is C24H27F2N5O4S. The number of thiol groups is 1. The number of halogens is 2. The minimum absolute atomic E-state index is 0.0865. The number of anilines is 2. The van der Waals surface area contributed by atoms with Gasteiger partial charge < -0.3 is 25.1 Å². The standard InChI is InChI=1S/C24H27F2N5O4S/c1-14(27)24(32)31-36(2,33)13-15-8-22-29-21-11-18(19(26)12-28-21)17-5-4-16(25)10-20(17)34-6-3-7-35-23(9-15)30-22/h4-5,8-12,14,36H,3,6-7,13,27H2,1-2H3,(H,28,29,30)(H,31,32,33)/t14-/m0/s1. The Morgan fingerprint density at radius 3 is 2.75 bits per heavy atom. The van der Waals surface area contributed by atoms with Crippen LogP contribution in [0.25, 0.3) is 11.1 Å².